The molecule has 2 N–H and O–H groups in total. The van der Waals surface area contributed by atoms with Crippen molar-refractivity contribution in [1.82, 2.24) is 20.4 Å². The summed E-state index contributed by atoms with van der Waals surface area (Å²) in [6, 6.07) is 8.31. The lowest BCUT2D eigenvalue weighted by atomic mass is 10.1. The molecule has 0 bridgehead atoms. The van der Waals surface area contributed by atoms with Gasteiger partial charge in [-0.3, -0.25) is 9.79 Å². The van der Waals surface area contributed by atoms with Crippen molar-refractivity contribution in [3.63, 3.8) is 0 Å². The Morgan fingerprint density at radius 3 is 2.65 bits per heavy atom. The van der Waals surface area contributed by atoms with Gasteiger partial charge in [0.15, 0.2) is 5.96 Å². The molecule has 1 aliphatic rings. The van der Waals surface area contributed by atoms with Crippen LogP contribution in [-0.2, 0) is 4.79 Å². The van der Waals surface area contributed by atoms with Crippen LogP contribution in [0.25, 0.3) is 0 Å². The molecule has 0 radical (unpaired) electrons. The fourth-order valence-electron chi connectivity index (χ4n) is 3.07. The van der Waals surface area contributed by atoms with Gasteiger partial charge in [0.1, 0.15) is 0 Å². The predicted molar refractivity (Wildman–Crippen MR) is 108 cm³/mol. The molecule has 2 atom stereocenters. The molecule has 1 amide bonds. The van der Waals surface area contributed by atoms with E-state index in [9.17, 15) is 4.79 Å². The van der Waals surface area contributed by atoms with E-state index in [2.05, 4.69) is 36.6 Å². The van der Waals surface area contributed by atoms with Crippen LogP contribution in [-0.4, -0.2) is 68.5 Å². The van der Waals surface area contributed by atoms with Crippen LogP contribution in [0.15, 0.2) is 29.3 Å². The fraction of sp³-hybridized carbons (Fsp3) is 0.579. The molecule has 2 rings (SSSR count). The van der Waals surface area contributed by atoms with E-state index >= 15 is 0 Å². The van der Waals surface area contributed by atoms with Gasteiger partial charge in [-0.2, -0.15) is 0 Å². The second-order valence-corrected chi connectivity index (χ2v) is 7.34. The third kappa shape index (κ3) is 5.88. The highest BCUT2D eigenvalue weighted by Crippen LogP contribution is 2.21. The molecule has 2 unspecified atom stereocenters. The first kappa shape index (κ1) is 20.5. The van der Waals surface area contributed by atoms with Crippen LogP contribution in [0.5, 0.6) is 0 Å². The van der Waals surface area contributed by atoms with Gasteiger partial charge >= 0.3 is 0 Å². The van der Waals surface area contributed by atoms with E-state index in [-0.39, 0.29) is 18.0 Å². The Bertz CT molecular complexity index is 617. The van der Waals surface area contributed by atoms with E-state index in [4.69, 9.17) is 16.6 Å². The topological polar surface area (TPSA) is 60.0 Å². The Kier molecular flexibility index (Phi) is 7.72. The molecule has 0 saturated carbocycles. The van der Waals surface area contributed by atoms with Crippen LogP contribution in [0, 0.1) is 0 Å². The number of benzene rings is 1. The first-order chi connectivity index (χ1) is 12.4. The number of likely N-dealkylation sites (N-methyl/N-ethyl adjacent to an activating group) is 2. The van der Waals surface area contributed by atoms with E-state index in [1.807, 2.05) is 31.3 Å². The highest BCUT2D eigenvalue weighted by Gasteiger charge is 2.23. The molecule has 1 heterocycles. The number of aliphatic imine (C=N–C) groups is 1. The van der Waals surface area contributed by atoms with Crippen molar-refractivity contribution in [3.8, 4) is 0 Å². The average Bonchev–Trinajstić information content (AvgIpc) is 2.59. The second kappa shape index (κ2) is 9.78. The van der Waals surface area contributed by atoms with Crippen LogP contribution in [0.3, 0.4) is 0 Å². The van der Waals surface area contributed by atoms with Gasteiger partial charge in [0, 0.05) is 37.6 Å². The minimum Gasteiger partial charge on any atom is -0.357 e. The lowest BCUT2D eigenvalue weighted by Gasteiger charge is -2.31. The smallest absolute Gasteiger partial charge is 0.222 e. The zero-order valence-corrected chi connectivity index (χ0v) is 16.9. The third-order valence-electron chi connectivity index (χ3n) is 4.61. The van der Waals surface area contributed by atoms with E-state index < -0.39 is 0 Å². The quantitative estimate of drug-likeness (QED) is 0.587. The zero-order chi connectivity index (χ0) is 19.1. The number of amides is 1. The normalized spacial score (nSPS) is 19.6. The number of halogens is 1. The van der Waals surface area contributed by atoms with Gasteiger partial charge in [-0.25, -0.2) is 0 Å². The van der Waals surface area contributed by atoms with Crippen molar-refractivity contribution in [1.29, 1.82) is 0 Å². The Balaban J connectivity index is 2.05. The monoisotopic (exact) mass is 379 g/mol. The summed E-state index contributed by atoms with van der Waals surface area (Å²) in [7, 11) is 5.95. The largest absolute Gasteiger partial charge is 0.357 e. The maximum atomic E-state index is 11.7. The summed E-state index contributed by atoms with van der Waals surface area (Å²) < 4.78 is 0. The number of guanidine groups is 1. The van der Waals surface area contributed by atoms with Crippen LogP contribution in [0.4, 0.5) is 0 Å². The average molecular weight is 380 g/mol. The Labute approximate surface area is 161 Å². The van der Waals surface area contributed by atoms with E-state index in [1.54, 1.807) is 4.90 Å². The summed E-state index contributed by atoms with van der Waals surface area (Å²) in [5.41, 5.74) is 1.18. The standard InChI is InChI=1S/C19H30ClN5O/c1-5-21-19(23-16-10-11-18(26)25(4)13-16)22-12-17(24(2)3)14-6-8-15(20)9-7-14/h6-9,16-17H,5,10-13H2,1-4H3,(H2,21,22,23). The molecule has 6 nitrogen and oxygen atoms in total. The number of carbonyl (C=O) groups is 1. The summed E-state index contributed by atoms with van der Waals surface area (Å²) in [6.45, 7) is 4.18. The SMILES string of the molecule is CCNC(=NCC(c1ccc(Cl)cc1)N(C)C)NC1CCC(=O)N(C)C1. The molecule has 144 valence electrons. The van der Waals surface area contributed by atoms with Crippen LogP contribution in [0.1, 0.15) is 31.4 Å². The summed E-state index contributed by atoms with van der Waals surface area (Å²) >= 11 is 6.01. The maximum Gasteiger partial charge on any atom is 0.222 e. The van der Waals surface area contributed by atoms with Gasteiger partial charge in [0.05, 0.1) is 12.6 Å². The van der Waals surface area contributed by atoms with E-state index in [1.165, 1.54) is 5.56 Å². The molecule has 0 aliphatic carbocycles. The van der Waals surface area contributed by atoms with Crippen molar-refractivity contribution in [2.24, 2.45) is 4.99 Å². The van der Waals surface area contributed by atoms with Gasteiger partial charge in [-0.1, -0.05) is 23.7 Å². The lowest BCUT2D eigenvalue weighted by Crippen LogP contribution is -2.51. The van der Waals surface area contributed by atoms with Crippen molar-refractivity contribution in [3.05, 3.63) is 34.9 Å². The molecular weight excluding hydrogens is 350 g/mol. The summed E-state index contributed by atoms with van der Waals surface area (Å²) in [4.78, 5) is 20.4. The van der Waals surface area contributed by atoms with Gasteiger partial charge in [0.25, 0.3) is 0 Å². The van der Waals surface area contributed by atoms with Gasteiger partial charge in [0.2, 0.25) is 5.91 Å². The second-order valence-electron chi connectivity index (χ2n) is 6.90. The number of hydrogen-bond acceptors (Lipinski definition) is 3. The number of rotatable bonds is 6. The molecule has 1 aliphatic heterocycles. The highest BCUT2D eigenvalue weighted by atomic mass is 35.5. The molecule has 1 saturated heterocycles. The molecular formula is C19H30ClN5O. The molecule has 7 heteroatoms. The molecule has 26 heavy (non-hydrogen) atoms. The number of carbonyl (C=O) groups excluding carboxylic acids is 1. The Morgan fingerprint density at radius 1 is 1.38 bits per heavy atom. The minimum atomic E-state index is 0.165. The number of nitrogens with zero attached hydrogens (tertiary/aromatic N) is 3. The number of piperidine rings is 1. The Hall–Kier alpha value is -1.79. The lowest BCUT2D eigenvalue weighted by molar-refractivity contribution is -0.132. The summed E-state index contributed by atoms with van der Waals surface area (Å²) in [5.74, 6) is 1.00. The summed E-state index contributed by atoms with van der Waals surface area (Å²) in [5, 5.41) is 7.51. The van der Waals surface area contributed by atoms with Crippen molar-refractivity contribution >= 4 is 23.5 Å². The molecule has 1 aromatic rings. The van der Waals surface area contributed by atoms with Crippen LogP contribution >= 0.6 is 11.6 Å². The van der Waals surface area contributed by atoms with Crippen LogP contribution in [0.2, 0.25) is 5.02 Å². The van der Waals surface area contributed by atoms with Gasteiger partial charge in [-0.15, -0.1) is 0 Å². The van der Waals surface area contributed by atoms with Crippen molar-refractivity contribution < 1.29 is 4.79 Å². The van der Waals surface area contributed by atoms with E-state index in [0.717, 1.165) is 23.9 Å². The maximum absolute atomic E-state index is 11.7. The fourth-order valence-corrected chi connectivity index (χ4v) is 3.20. The van der Waals surface area contributed by atoms with E-state index in [0.29, 0.717) is 19.5 Å². The van der Waals surface area contributed by atoms with Gasteiger partial charge in [-0.05, 0) is 45.1 Å². The molecule has 1 fully saturated rings. The highest BCUT2D eigenvalue weighted by molar-refractivity contribution is 6.30. The number of likely N-dealkylation sites (tertiary alicyclic amines) is 1. The third-order valence-corrected chi connectivity index (χ3v) is 4.86. The number of hydrogen-bond donors (Lipinski definition) is 2. The molecule has 0 aromatic heterocycles. The number of nitrogens with one attached hydrogen (secondary N) is 2. The Morgan fingerprint density at radius 2 is 2.08 bits per heavy atom. The predicted octanol–water partition coefficient (Wildman–Crippen LogP) is 2.12. The van der Waals surface area contributed by atoms with Crippen molar-refractivity contribution in [2.75, 3.05) is 40.8 Å². The summed E-state index contributed by atoms with van der Waals surface area (Å²) in [6.07, 6.45) is 1.42. The molecule has 0 spiro atoms. The molecule has 1 aromatic carbocycles. The van der Waals surface area contributed by atoms with Gasteiger partial charge < -0.3 is 20.4 Å². The minimum absolute atomic E-state index is 0.165. The zero-order valence-electron chi connectivity index (χ0n) is 16.1. The van der Waals surface area contributed by atoms with Crippen LogP contribution < -0.4 is 10.6 Å². The first-order valence-corrected chi connectivity index (χ1v) is 9.49. The van der Waals surface area contributed by atoms with Crippen molar-refractivity contribution in [2.45, 2.75) is 31.8 Å². The first-order valence-electron chi connectivity index (χ1n) is 9.11.